The van der Waals surface area contributed by atoms with Crippen molar-refractivity contribution in [3.63, 3.8) is 0 Å². The van der Waals surface area contributed by atoms with E-state index < -0.39 is 20.8 Å². The lowest BCUT2D eigenvalue weighted by molar-refractivity contribution is -0.115. The van der Waals surface area contributed by atoms with E-state index in [-0.39, 0.29) is 5.91 Å². The molecule has 1 heterocycles. The van der Waals surface area contributed by atoms with Gasteiger partial charge in [0.25, 0.3) is 0 Å². The second-order valence-corrected chi connectivity index (χ2v) is 9.34. The number of carbonyl (C=O) groups excluding carboxylic acids is 1. The van der Waals surface area contributed by atoms with Crippen molar-refractivity contribution in [3.8, 4) is 0 Å². The molecule has 2 unspecified atom stereocenters. The van der Waals surface area contributed by atoms with Gasteiger partial charge in [0, 0.05) is 21.2 Å². The summed E-state index contributed by atoms with van der Waals surface area (Å²) >= 11 is 1.35. The fourth-order valence-corrected chi connectivity index (χ4v) is 4.06. The van der Waals surface area contributed by atoms with Crippen LogP contribution in [0.5, 0.6) is 0 Å². The Hall–Kier alpha value is -1.47. The summed E-state index contributed by atoms with van der Waals surface area (Å²) < 4.78 is 12.7. The zero-order valence-corrected chi connectivity index (χ0v) is 14.1. The van der Waals surface area contributed by atoms with Crippen LogP contribution in [-0.2, 0) is 15.6 Å². The number of nitrogens with one attached hydrogen (secondary N) is 1. The van der Waals surface area contributed by atoms with Crippen LogP contribution in [0, 0.1) is 0 Å². The highest BCUT2D eigenvalue weighted by Crippen LogP contribution is 2.28. The molecule has 0 fully saturated rings. The number of hydrogen-bond acceptors (Lipinski definition) is 5. The predicted molar refractivity (Wildman–Crippen MR) is 90.0 cm³/mol. The number of nitrogen functional groups attached to an aromatic ring is 1. The van der Waals surface area contributed by atoms with Crippen molar-refractivity contribution < 1.29 is 9.00 Å². The molecule has 0 bridgehead atoms. The van der Waals surface area contributed by atoms with Crippen molar-refractivity contribution in [2.75, 3.05) is 11.1 Å². The molecule has 0 radical (unpaired) electrons. The molecule has 21 heavy (non-hydrogen) atoms. The Kier molecular flexibility index (Phi) is 4.34. The summed E-state index contributed by atoms with van der Waals surface area (Å²) in [6.45, 7) is 7.23. The van der Waals surface area contributed by atoms with E-state index in [0.29, 0.717) is 10.8 Å². The molecular weight excluding hydrogens is 306 g/mol. The lowest BCUT2D eigenvalue weighted by atomic mass is 10.3. The molecule has 5 nitrogen and oxygen atoms in total. The number of hydrogen-bond donors (Lipinski definition) is 2. The van der Waals surface area contributed by atoms with Gasteiger partial charge in [0.2, 0.25) is 5.91 Å². The third-order valence-corrected chi connectivity index (χ3v) is 5.93. The summed E-state index contributed by atoms with van der Waals surface area (Å²) in [5.41, 5.74) is 7.17. The zero-order valence-electron chi connectivity index (χ0n) is 12.5. The van der Waals surface area contributed by atoms with E-state index in [1.807, 2.05) is 32.9 Å². The first-order valence-corrected chi connectivity index (χ1v) is 8.59. The van der Waals surface area contributed by atoms with Gasteiger partial charge in [-0.1, -0.05) is 11.3 Å². The van der Waals surface area contributed by atoms with Gasteiger partial charge in [0.05, 0.1) is 10.2 Å². The molecule has 3 N–H and O–H groups in total. The fourth-order valence-electron chi connectivity index (χ4n) is 1.83. The largest absolute Gasteiger partial charge is 0.399 e. The number of thiazole rings is 1. The molecule has 1 aromatic carbocycles. The number of benzene rings is 1. The Labute approximate surface area is 130 Å². The minimum Gasteiger partial charge on any atom is -0.399 e. The van der Waals surface area contributed by atoms with Gasteiger partial charge in [0.15, 0.2) is 5.13 Å². The molecule has 2 aromatic rings. The monoisotopic (exact) mass is 325 g/mol. The van der Waals surface area contributed by atoms with Gasteiger partial charge in [-0.25, -0.2) is 4.98 Å². The van der Waals surface area contributed by atoms with Crippen LogP contribution in [-0.4, -0.2) is 25.1 Å². The number of nitrogens with two attached hydrogens (primary N) is 1. The van der Waals surface area contributed by atoms with Crippen LogP contribution in [0.1, 0.15) is 27.7 Å². The Morgan fingerprint density at radius 1 is 1.43 bits per heavy atom. The first-order valence-electron chi connectivity index (χ1n) is 6.56. The molecular formula is C14H19N3O2S2. The number of amides is 1. The maximum Gasteiger partial charge on any atom is 0.241 e. The van der Waals surface area contributed by atoms with E-state index >= 15 is 0 Å². The van der Waals surface area contributed by atoms with E-state index in [0.717, 1.165) is 10.2 Å². The fraction of sp³-hybridized carbons (Fsp3) is 0.429. The van der Waals surface area contributed by atoms with Crippen molar-refractivity contribution in [2.45, 2.75) is 37.7 Å². The molecule has 0 saturated heterocycles. The topological polar surface area (TPSA) is 85.1 Å². The van der Waals surface area contributed by atoms with E-state index in [1.54, 1.807) is 13.0 Å². The van der Waals surface area contributed by atoms with Crippen molar-refractivity contribution in [3.05, 3.63) is 18.2 Å². The number of anilines is 2. The molecule has 1 amide bonds. The average molecular weight is 325 g/mol. The van der Waals surface area contributed by atoms with Crippen LogP contribution in [0.2, 0.25) is 0 Å². The van der Waals surface area contributed by atoms with Crippen LogP contribution < -0.4 is 11.1 Å². The van der Waals surface area contributed by atoms with Crippen molar-refractivity contribution in [1.82, 2.24) is 4.98 Å². The highest BCUT2D eigenvalue weighted by atomic mass is 32.2. The number of aromatic nitrogens is 1. The van der Waals surface area contributed by atoms with Gasteiger partial charge in [-0.15, -0.1) is 0 Å². The standard InChI is InChI=1S/C14H19N3O2S2/c1-8(21(19)14(2,3)4)12(18)17-13-16-10-6-5-9(15)7-11(10)20-13/h5-8H,15H2,1-4H3,(H,16,17,18). The van der Waals surface area contributed by atoms with Crippen molar-refractivity contribution in [1.29, 1.82) is 0 Å². The summed E-state index contributed by atoms with van der Waals surface area (Å²) in [6.07, 6.45) is 0. The molecule has 0 aliphatic carbocycles. The third-order valence-electron chi connectivity index (χ3n) is 2.94. The lowest BCUT2D eigenvalue weighted by Crippen LogP contribution is -2.37. The number of rotatable bonds is 3. The molecule has 0 saturated carbocycles. The smallest absolute Gasteiger partial charge is 0.241 e. The van der Waals surface area contributed by atoms with Gasteiger partial charge in [-0.3, -0.25) is 9.00 Å². The van der Waals surface area contributed by atoms with Crippen LogP contribution in [0.4, 0.5) is 10.8 Å². The Morgan fingerprint density at radius 3 is 2.71 bits per heavy atom. The van der Waals surface area contributed by atoms with Gasteiger partial charge < -0.3 is 11.1 Å². The summed E-state index contributed by atoms with van der Waals surface area (Å²) in [5, 5.41) is 2.64. The molecule has 0 aliphatic heterocycles. The summed E-state index contributed by atoms with van der Waals surface area (Å²) in [4.78, 5) is 16.5. The molecule has 1 aromatic heterocycles. The minimum absolute atomic E-state index is 0.282. The first-order chi connectivity index (χ1) is 9.68. The van der Waals surface area contributed by atoms with Crippen molar-refractivity contribution in [2.24, 2.45) is 0 Å². The molecule has 2 atom stereocenters. The number of fused-ring (bicyclic) bond motifs is 1. The van der Waals surface area contributed by atoms with Crippen LogP contribution in [0.25, 0.3) is 10.2 Å². The SMILES string of the molecule is CC(C(=O)Nc1nc2ccc(N)cc2s1)S(=O)C(C)(C)C. The van der Waals surface area contributed by atoms with E-state index in [1.165, 1.54) is 11.3 Å². The second-order valence-electron chi connectivity index (χ2n) is 5.79. The quantitative estimate of drug-likeness (QED) is 0.850. The second kappa shape index (κ2) is 5.73. The third kappa shape index (κ3) is 3.59. The van der Waals surface area contributed by atoms with Gasteiger partial charge in [-0.2, -0.15) is 0 Å². The molecule has 0 aliphatic rings. The Morgan fingerprint density at radius 2 is 2.10 bits per heavy atom. The summed E-state index contributed by atoms with van der Waals surface area (Å²) in [5.74, 6) is -0.282. The predicted octanol–water partition coefficient (Wildman–Crippen LogP) is 2.75. The van der Waals surface area contributed by atoms with Crippen LogP contribution in [0.3, 0.4) is 0 Å². The van der Waals surface area contributed by atoms with Crippen LogP contribution >= 0.6 is 11.3 Å². The molecule has 2 rings (SSSR count). The number of carbonyl (C=O) groups is 1. The van der Waals surface area contributed by atoms with Crippen LogP contribution in [0.15, 0.2) is 18.2 Å². The molecule has 114 valence electrons. The summed E-state index contributed by atoms with van der Waals surface area (Å²) in [6, 6.07) is 5.40. The Balaban J connectivity index is 2.16. The molecule has 7 heteroatoms. The minimum atomic E-state index is -1.26. The number of nitrogens with zero attached hydrogens (tertiary/aromatic N) is 1. The highest BCUT2D eigenvalue weighted by Gasteiger charge is 2.30. The van der Waals surface area contributed by atoms with Gasteiger partial charge in [-0.05, 0) is 45.9 Å². The average Bonchev–Trinajstić information content (AvgIpc) is 2.77. The van der Waals surface area contributed by atoms with E-state index in [9.17, 15) is 9.00 Å². The Bertz CT molecular complexity index is 704. The van der Waals surface area contributed by atoms with E-state index in [4.69, 9.17) is 5.73 Å². The maximum absolute atomic E-state index is 12.2. The van der Waals surface area contributed by atoms with Gasteiger partial charge >= 0.3 is 0 Å². The van der Waals surface area contributed by atoms with Gasteiger partial charge in [0.1, 0.15) is 5.25 Å². The zero-order chi connectivity index (χ0) is 15.8. The highest BCUT2D eigenvalue weighted by molar-refractivity contribution is 7.87. The first kappa shape index (κ1) is 15.9. The molecule has 0 spiro atoms. The summed E-state index contributed by atoms with van der Waals surface area (Å²) in [7, 11) is -1.26. The van der Waals surface area contributed by atoms with E-state index in [2.05, 4.69) is 10.3 Å². The van der Waals surface area contributed by atoms with Crippen molar-refractivity contribution >= 4 is 49.1 Å². The maximum atomic E-state index is 12.2. The normalized spacial score (nSPS) is 14.9. The lowest BCUT2D eigenvalue weighted by Gasteiger charge is -2.22.